The van der Waals surface area contributed by atoms with Gasteiger partial charge in [0.05, 0.1) is 11.0 Å². The van der Waals surface area contributed by atoms with Crippen molar-refractivity contribution in [2.24, 2.45) is 5.41 Å². The Bertz CT molecular complexity index is 1230. The Hall–Kier alpha value is -3.34. The van der Waals surface area contributed by atoms with E-state index in [-0.39, 0.29) is 29.0 Å². The summed E-state index contributed by atoms with van der Waals surface area (Å²) in [5.74, 6) is -1.80. The molecule has 1 saturated heterocycles. The summed E-state index contributed by atoms with van der Waals surface area (Å²) in [5.41, 5.74) is -1.74. The lowest BCUT2D eigenvalue weighted by Gasteiger charge is -2.47. The van der Waals surface area contributed by atoms with Crippen molar-refractivity contribution in [2.45, 2.75) is 83.2 Å². The predicted molar refractivity (Wildman–Crippen MR) is 137 cm³/mol. The summed E-state index contributed by atoms with van der Waals surface area (Å²) in [6.07, 6.45) is -2.50. The molecule has 0 unspecified atom stereocenters. The van der Waals surface area contributed by atoms with Crippen LogP contribution < -0.4 is 10.6 Å². The lowest BCUT2D eigenvalue weighted by Crippen LogP contribution is -2.59. The van der Waals surface area contributed by atoms with Crippen LogP contribution >= 0.6 is 0 Å². The molecule has 2 aromatic rings. The van der Waals surface area contributed by atoms with E-state index in [9.17, 15) is 32.7 Å². The molecule has 39 heavy (non-hydrogen) atoms. The topological polar surface area (TPSA) is 112 Å². The zero-order valence-corrected chi connectivity index (χ0v) is 22.4. The molecule has 1 aliphatic carbocycles. The van der Waals surface area contributed by atoms with Gasteiger partial charge in [0.15, 0.2) is 5.76 Å². The summed E-state index contributed by atoms with van der Waals surface area (Å²) >= 11 is 0. The first-order valence-electron chi connectivity index (χ1n) is 13.0. The minimum Gasteiger partial charge on any atom is -0.481 e. The third-order valence-electron chi connectivity index (χ3n) is 7.57. The number of aliphatic carboxylic acids is 1. The van der Waals surface area contributed by atoms with Gasteiger partial charge in [-0.05, 0) is 77.6 Å². The van der Waals surface area contributed by atoms with E-state index in [1.807, 2.05) is 20.8 Å². The van der Waals surface area contributed by atoms with Gasteiger partial charge in [0.2, 0.25) is 5.91 Å². The van der Waals surface area contributed by atoms with Gasteiger partial charge in [-0.15, -0.1) is 0 Å². The fraction of sp³-hybridized carbons (Fsp3) is 0.536. The van der Waals surface area contributed by atoms with Crippen LogP contribution in [0.25, 0.3) is 11.3 Å². The summed E-state index contributed by atoms with van der Waals surface area (Å²) in [6.45, 7) is 8.09. The van der Waals surface area contributed by atoms with Crippen LogP contribution in [0.4, 0.5) is 13.2 Å². The number of hydrogen-bond acceptors (Lipinski definition) is 5. The number of furan rings is 1. The lowest BCUT2D eigenvalue weighted by molar-refractivity contribution is -0.158. The Morgan fingerprint density at radius 3 is 2.31 bits per heavy atom. The molecule has 0 radical (unpaired) electrons. The quantitative estimate of drug-likeness (QED) is 0.482. The van der Waals surface area contributed by atoms with E-state index in [1.54, 1.807) is 11.8 Å². The van der Waals surface area contributed by atoms with Crippen molar-refractivity contribution in [1.29, 1.82) is 0 Å². The molecule has 2 aliphatic rings. The lowest BCUT2D eigenvalue weighted by atomic mass is 9.68. The Labute approximate surface area is 224 Å². The second-order valence-corrected chi connectivity index (χ2v) is 11.7. The standard InChI is InChI=1S/C28H34F3N3O5/c1-26(2,3)33-18-9-12-22(27(4,15-18)25(37)38)34-14-13-19(24(34)36)32-23(35)21-11-10-20(39-21)16-5-7-17(8-6-16)28(29,30)31/h5-8,10-11,18-19,22,33H,9,12-15H2,1-4H3,(H,32,35)(H,37,38)/t18-,19+,22+,27-/m1/s1. The monoisotopic (exact) mass is 549 g/mol. The molecular formula is C28H34F3N3O5. The van der Waals surface area contributed by atoms with Crippen LogP contribution in [0, 0.1) is 5.41 Å². The number of carbonyl (C=O) groups excluding carboxylic acids is 2. The first kappa shape index (κ1) is 28.7. The number of likely N-dealkylation sites (tertiary alicyclic amines) is 1. The number of nitrogens with zero attached hydrogens (tertiary/aromatic N) is 1. The minimum atomic E-state index is -4.46. The number of halogens is 3. The SMILES string of the molecule is CC(C)(C)N[C@@H]1CC[C@H](N2CC[C@H](NC(=O)c3ccc(-c4ccc(C(F)(F)F)cc4)o3)C2=O)[C@](C)(C(=O)O)C1. The van der Waals surface area contributed by atoms with E-state index in [4.69, 9.17) is 4.42 Å². The highest BCUT2D eigenvalue weighted by molar-refractivity contribution is 5.96. The molecule has 3 N–H and O–H groups in total. The second-order valence-electron chi connectivity index (χ2n) is 11.7. The number of hydrogen-bond donors (Lipinski definition) is 3. The zero-order valence-electron chi connectivity index (χ0n) is 22.4. The third-order valence-corrected chi connectivity index (χ3v) is 7.57. The number of carboxylic acid groups (broad SMARTS) is 1. The highest BCUT2D eigenvalue weighted by Gasteiger charge is 2.52. The molecule has 11 heteroatoms. The van der Waals surface area contributed by atoms with Gasteiger partial charge in [-0.25, -0.2) is 0 Å². The molecule has 4 rings (SSSR count). The predicted octanol–water partition coefficient (Wildman–Crippen LogP) is 4.70. The van der Waals surface area contributed by atoms with Gasteiger partial charge in [0, 0.05) is 29.7 Å². The van der Waals surface area contributed by atoms with Crippen LogP contribution in [0.5, 0.6) is 0 Å². The Balaban J connectivity index is 1.42. The van der Waals surface area contributed by atoms with E-state index < -0.39 is 41.1 Å². The summed E-state index contributed by atoms with van der Waals surface area (Å²) in [7, 11) is 0. The molecule has 1 aromatic carbocycles. The second kappa shape index (κ2) is 10.3. The molecule has 2 heterocycles. The van der Waals surface area contributed by atoms with Gasteiger partial charge in [-0.3, -0.25) is 14.4 Å². The first-order valence-corrected chi connectivity index (χ1v) is 13.0. The molecule has 1 saturated carbocycles. The normalized spacial score (nSPS) is 26.1. The molecule has 212 valence electrons. The van der Waals surface area contributed by atoms with E-state index >= 15 is 0 Å². The maximum absolute atomic E-state index is 13.3. The summed E-state index contributed by atoms with van der Waals surface area (Å²) in [6, 6.07) is 5.92. The highest BCUT2D eigenvalue weighted by Crippen LogP contribution is 2.41. The van der Waals surface area contributed by atoms with Crippen LogP contribution in [-0.4, -0.2) is 58.0 Å². The van der Waals surface area contributed by atoms with Crippen LogP contribution in [0.15, 0.2) is 40.8 Å². The van der Waals surface area contributed by atoms with E-state index in [0.29, 0.717) is 31.4 Å². The van der Waals surface area contributed by atoms with Crippen molar-refractivity contribution < 1.29 is 37.1 Å². The maximum atomic E-state index is 13.3. The molecule has 0 spiro atoms. The molecular weight excluding hydrogens is 515 g/mol. The number of rotatable bonds is 6. The van der Waals surface area contributed by atoms with Crippen molar-refractivity contribution in [3.8, 4) is 11.3 Å². The molecule has 1 aromatic heterocycles. The summed E-state index contributed by atoms with van der Waals surface area (Å²) < 4.78 is 44.0. The molecule has 8 nitrogen and oxygen atoms in total. The smallest absolute Gasteiger partial charge is 0.416 e. The third kappa shape index (κ3) is 6.13. The Kier molecular flexibility index (Phi) is 7.59. The van der Waals surface area contributed by atoms with Gasteiger partial charge in [0.1, 0.15) is 11.8 Å². The van der Waals surface area contributed by atoms with Crippen molar-refractivity contribution >= 4 is 17.8 Å². The number of nitrogens with one attached hydrogen (secondary N) is 2. The van der Waals surface area contributed by atoms with Crippen LogP contribution in [0.2, 0.25) is 0 Å². The first-order chi connectivity index (χ1) is 18.1. The van der Waals surface area contributed by atoms with Gasteiger partial charge in [0.25, 0.3) is 5.91 Å². The Morgan fingerprint density at radius 2 is 1.72 bits per heavy atom. The number of benzene rings is 1. The molecule has 2 fully saturated rings. The number of carboxylic acids is 1. The van der Waals surface area contributed by atoms with Gasteiger partial charge in [-0.2, -0.15) is 13.2 Å². The van der Waals surface area contributed by atoms with Crippen molar-refractivity contribution in [3.63, 3.8) is 0 Å². The Morgan fingerprint density at radius 1 is 1.05 bits per heavy atom. The van der Waals surface area contributed by atoms with E-state index in [1.165, 1.54) is 24.3 Å². The van der Waals surface area contributed by atoms with Crippen LogP contribution in [0.1, 0.15) is 69.5 Å². The van der Waals surface area contributed by atoms with Crippen molar-refractivity contribution in [3.05, 3.63) is 47.7 Å². The number of alkyl halides is 3. The zero-order chi connectivity index (χ0) is 28.8. The molecule has 4 atom stereocenters. The van der Waals surface area contributed by atoms with E-state index in [0.717, 1.165) is 18.6 Å². The largest absolute Gasteiger partial charge is 0.481 e. The van der Waals surface area contributed by atoms with Crippen molar-refractivity contribution in [2.75, 3.05) is 6.54 Å². The van der Waals surface area contributed by atoms with Crippen LogP contribution in [-0.2, 0) is 15.8 Å². The summed E-state index contributed by atoms with van der Waals surface area (Å²) in [5, 5.41) is 16.3. The molecule has 0 bridgehead atoms. The molecule has 2 amide bonds. The number of carbonyl (C=O) groups is 3. The van der Waals surface area contributed by atoms with Gasteiger partial charge >= 0.3 is 12.1 Å². The van der Waals surface area contributed by atoms with Gasteiger partial charge < -0.3 is 25.1 Å². The van der Waals surface area contributed by atoms with Gasteiger partial charge in [-0.1, -0.05) is 12.1 Å². The minimum absolute atomic E-state index is 0.00775. The average Bonchev–Trinajstić information content (AvgIpc) is 3.46. The van der Waals surface area contributed by atoms with Crippen molar-refractivity contribution in [1.82, 2.24) is 15.5 Å². The summed E-state index contributed by atoms with van der Waals surface area (Å²) in [4.78, 5) is 40.1. The molecule has 1 aliphatic heterocycles. The fourth-order valence-electron chi connectivity index (χ4n) is 5.71. The number of amides is 2. The maximum Gasteiger partial charge on any atom is 0.416 e. The van der Waals surface area contributed by atoms with E-state index in [2.05, 4.69) is 10.6 Å². The fourth-order valence-corrected chi connectivity index (χ4v) is 5.71. The highest BCUT2D eigenvalue weighted by atomic mass is 19.4. The average molecular weight is 550 g/mol. The van der Waals surface area contributed by atoms with Crippen LogP contribution in [0.3, 0.4) is 0 Å².